The molecular formula is C33H41N3O5S. The molecule has 5 rings (SSSR count). The van der Waals surface area contributed by atoms with Gasteiger partial charge >= 0.3 is 0 Å². The molecule has 9 heteroatoms. The number of carbonyl (C=O) groups excluding carboxylic acids is 3. The van der Waals surface area contributed by atoms with Crippen LogP contribution in [0.1, 0.15) is 72.9 Å². The number of allylic oxidation sites excluding steroid dienone is 1. The number of nitrogens with one attached hydrogen (secondary N) is 2. The van der Waals surface area contributed by atoms with Crippen molar-refractivity contribution in [3.05, 3.63) is 77.4 Å². The van der Waals surface area contributed by atoms with Gasteiger partial charge in [-0.3, -0.25) is 14.4 Å². The van der Waals surface area contributed by atoms with Gasteiger partial charge in [0.15, 0.2) is 6.10 Å². The van der Waals surface area contributed by atoms with E-state index in [4.69, 9.17) is 0 Å². The topological polar surface area (TPSA) is 119 Å². The second-order valence-corrected chi connectivity index (χ2v) is 13.1. The summed E-state index contributed by atoms with van der Waals surface area (Å²) in [6.07, 6.45) is 10.4. The van der Waals surface area contributed by atoms with Gasteiger partial charge in [0.25, 0.3) is 11.8 Å². The van der Waals surface area contributed by atoms with Crippen molar-refractivity contribution in [2.45, 2.75) is 93.7 Å². The summed E-state index contributed by atoms with van der Waals surface area (Å²) in [6, 6.07) is 12.4. The minimum Gasteiger partial charge on any atom is -0.508 e. The zero-order valence-corrected chi connectivity index (χ0v) is 24.9. The first kappa shape index (κ1) is 30.2. The van der Waals surface area contributed by atoms with Gasteiger partial charge in [0.1, 0.15) is 11.8 Å². The summed E-state index contributed by atoms with van der Waals surface area (Å²) in [6.45, 7) is 1.65. The first-order chi connectivity index (χ1) is 20.3. The number of thioether (sulfide) groups is 1. The van der Waals surface area contributed by atoms with Gasteiger partial charge in [-0.1, -0.05) is 67.8 Å². The number of aliphatic hydroxyl groups excluding tert-OH is 1. The summed E-state index contributed by atoms with van der Waals surface area (Å²) in [4.78, 5) is 42.9. The zero-order chi connectivity index (χ0) is 29.7. The highest BCUT2D eigenvalue weighted by Gasteiger charge is 2.55. The van der Waals surface area contributed by atoms with Crippen LogP contribution in [0.4, 0.5) is 0 Å². The third-order valence-electron chi connectivity index (χ3n) is 8.91. The average Bonchev–Trinajstić information content (AvgIpc) is 3.36. The Morgan fingerprint density at radius 3 is 2.52 bits per heavy atom. The van der Waals surface area contributed by atoms with Crippen LogP contribution in [0.3, 0.4) is 0 Å². The number of hydrogen-bond acceptors (Lipinski definition) is 6. The van der Waals surface area contributed by atoms with Crippen LogP contribution in [0.5, 0.6) is 5.75 Å². The number of phenols is 1. The molecule has 4 unspecified atom stereocenters. The second-order valence-electron chi connectivity index (χ2n) is 11.7. The summed E-state index contributed by atoms with van der Waals surface area (Å²) in [5, 5.41) is 27.8. The van der Waals surface area contributed by atoms with Gasteiger partial charge in [0.2, 0.25) is 5.91 Å². The van der Waals surface area contributed by atoms with Crippen LogP contribution in [-0.2, 0) is 16.0 Å². The van der Waals surface area contributed by atoms with E-state index in [0.717, 1.165) is 56.9 Å². The molecule has 2 aromatic carbocycles. The Balaban J connectivity index is 1.41. The Morgan fingerprint density at radius 1 is 1.05 bits per heavy atom. The SMILES string of the molecule is Cc1c(O)cccc1C(=O)NC(Cc1ccccc1)C(O)C(=O)N1CSC2(CCCCC2)C1C(=O)NC1C=CCCC1. The molecule has 2 aliphatic carbocycles. The van der Waals surface area contributed by atoms with E-state index in [1.165, 1.54) is 6.07 Å². The molecule has 0 aromatic heterocycles. The maximum atomic E-state index is 14.1. The molecule has 1 aliphatic heterocycles. The molecular weight excluding hydrogens is 550 g/mol. The van der Waals surface area contributed by atoms with E-state index in [-0.39, 0.29) is 34.4 Å². The van der Waals surface area contributed by atoms with Crippen LogP contribution in [0.25, 0.3) is 0 Å². The van der Waals surface area contributed by atoms with Crippen molar-refractivity contribution >= 4 is 29.5 Å². The minimum absolute atomic E-state index is 0.00702. The van der Waals surface area contributed by atoms with Crippen molar-refractivity contribution in [1.29, 1.82) is 0 Å². The molecule has 0 bridgehead atoms. The third kappa shape index (κ3) is 6.52. The summed E-state index contributed by atoms with van der Waals surface area (Å²) in [5.41, 5.74) is 1.53. The molecule has 42 heavy (non-hydrogen) atoms. The smallest absolute Gasteiger partial charge is 0.254 e. The van der Waals surface area contributed by atoms with Crippen LogP contribution < -0.4 is 10.6 Å². The molecule has 4 N–H and O–H groups in total. The molecule has 3 amide bonds. The fourth-order valence-corrected chi connectivity index (χ4v) is 8.18. The normalized spacial score (nSPS) is 22.9. The van der Waals surface area contributed by atoms with Gasteiger partial charge in [-0.2, -0.15) is 0 Å². The largest absolute Gasteiger partial charge is 0.508 e. The van der Waals surface area contributed by atoms with Crippen LogP contribution >= 0.6 is 11.8 Å². The van der Waals surface area contributed by atoms with Gasteiger partial charge in [0.05, 0.1) is 11.9 Å². The lowest BCUT2D eigenvalue weighted by Gasteiger charge is -2.40. The van der Waals surface area contributed by atoms with Crippen LogP contribution in [0, 0.1) is 6.92 Å². The molecule has 8 nitrogen and oxygen atoms in total. The molecule has 2 fully saturated rings. The van der Waals surface area contributed by atoms with E-state index in [1.807, 2.05) is 36.4 Å². The third-order valence-corrected chi connectivity index (χ3v) is 10.5. The van der Waals surface area contributed by atoms with E-state index in [0.29, 0.717) is 11.4 Å². The Labute approximate surface area is 252 Å². The maximum Gasteiger partial charge on any atom is 0.254 e. The highest BCUT2D eigenvalue weighted by Crippen LogP contribution is 2.49. The van der Waals surface area contributed by atoms with Gasteiger partial charge in [-0.15, -0.1) is 11.8 Å². The number of benzene rings is 2. The second kappa shape index (κ2) is 13.3. The average molecular weight is 592 g/mol. The fourth-order valence-electron chi connectivity index (χ4n) is 6.54. The maximum absolute atomic E-state index is 14.1. The molecule has 1 saturated heterocycles. The monoisotopic (exact) mass is 591 g/mol. The highest BCUT2D eigenvalue weighted by molar-refractivity contribution is 8.01. The fraction of sp³-hybridized carbons (Fsp3) is 0.485. The van der Waals surface area contributed by atoms with E-state index in [1.54, 1.807) is 35.7 Å². The molecule has 1 saturated carbocycles. The van der Waals surface area contributed by atoms with Crippen molar-refractivity contribution in [3.63, 3.8) is 0 Å². The van der Waals surface area contributed by atoms with E-state index >= 15 is 0 Å². The van der Waals surface area contributed by atoms with Gasteiger partial charge in [0, 0.05) is 21.9 Å². The summed E-state index contributed by atoms with van der Waals surface area (Å²) < 4.78 is -0.382. The van der Waals surface area contributed by atoms with Crippen molar-refractivity contribution in [2.75, 3.05) is 5.88 Å². The summed E-state index contributed by atoms with van der Waals surface area (Å²) in [7, 11) is 0. The lowest BCUT2D eigenvalue weighted by atomic mass is 9.81. The van der Waals surface area contributed by atoms with Gasteiger partial charge in [-0.25, -0.2) is 0 Å². The molecule has 1 spiro atoms. The first-order valence-electron chi connectivity index (χ1n) is 15.0. The molecule has 224 valence electrons. The molecule has 0 radical (unpaired) electrons. The number of hydrogen-bond donors (Lipinski definition) is 4. The van der Waals surface area contributed by atoms with E-state index in [9.17, 15) is 24.6 Å². The van der Waals surface area contributed by atoms with Gasteiger partial charge in [-0.05, 0) is 63.1 Å². The van der Waals surface area contributed by atoms with Crippen molar-refractivity contribution < 1.29 is 24.6 Å². The number of carbonyl (C=O) groups is 3. The molecule has 2 aromatic rings. The van der Waals surface area contributed by atoms with Crippen LogP contribution in [-0.4, -0.2) is 67.7 Å². The lowest BCUT2D eigenvalue weighted by molar-refractivity contribution is -0.147. The predicted molar refractivity (Wildman–Crippen MR) is 164 cm³/mol. The van der Waals surface area contributed by atoms with Gasteiger partial charge < -0.3 is 25.7 Å². The number of phenolic OH excluding ortho intramolecular Hbond substituents is 1. The molecule has 1 heterocycles. The van der Waals surface area contributed by atoms with E-state index < -0.39 is 30.0 Å². The number of aromatic hydroxyl groups is 1. The quantitative estimate of drug-likeness (QED) is 0.341. The summed E-state index contributed by atoms with van der Waals surface area (Å²) in [5.74, 6) is -0.913. The van der Waals surface area contributed by atoms with Crippen LogP contribution in [0.15, 0.2) is 60.7 Å². The number of amides is 3. The van der Waals surface area contributed by atoms with Crippen molar-refractivity contribution in [1.82, 2.24) is 15.5 Å². The van der Waals surface area contributed by atoms with Crippen molar-refractivity contribution in [3.8, 4) is 5.75 Å². The summed E-state index contributed by atoms with van der Waals surface area (Å²) >= 11 is 1.65. The number of nitrogens with zero attached hydrogens (tertiary/aromatic N) is 1. The lowest BCUT2D eigenvalue weighted by Crippen LogP contribution is -2.60. The standard InChI is InChI=1S/C33H41N3O5S/c1-22-25(16-11-17-27(22)37)30(39)35-26(20-23-12-5-2-6-13-23)28(38)32(41)36-21-42-33(18-9-4-10-19-33)29(36)31(40)34-24-14-7-3-8-15-24/h2,5-7,11-14,16-17,24,26,28-29,37-38H,3-4,8-10,15,18-21H2,1H3,(H,34,40)(H,35,39). The Morgan fingerprint density at radius 2 is 1.81 bits per heavy atom. The van der Waals surface area contributed by atoms with Crippen molar-refractivity contribution in [2.24, 2.45) is 0 Å². The zero-order valence-electron chi connectivity index (χ0n) is 24.1. The highest BCUT2D eigenvalue weighted by atomic mass is 32.2. The predicted octanol–water partition coefficient (Wildman–Crippen LogP) is 4.23. The van der Waals surface area contributed by atoms with Crippen LogP contribution in [0.2, 0.25) is 0 Å². The Hall–Kier alpha value is -3.30. The number of rotatable bonds is 8. The Kier molecular flexibility index (Phi) is 9.58. The number of aliphatic hydroxyl groups is 1. The molecule has 3 aliphatic rings. The first-order valence-corrected chi connectivity index (χ1v) is 16.0. The molecule has 4 atom stereocenters. The van der Waals surface area contributed by atoms with E-state index in [2.05, 4.69) is 16.7 Å². The minimum atomic E-state index is -1.57. The Bertz CT molecular complexity index is 1310.